The van der Waals surface area contributed by atoms with Crippen LogP contribution in [0.1, 0.15) is 11.8 Å². The van der Waals surface area contributed by atoms with Crippen LogP contribution >= 0.6 is 11.3 Å². The van der Waals surface area contributed by atoms with Crippen molar-refractivity contribution in [2.75, 3.05) is 0 Å². The topological polar surface area (TPSA) is 32.6 Å². The fourth-order valence-corrected chi connectivity index (χ4v) is 3.86. The molecule has 0 saturated carbocycles. The van der Waals surface area contributed by atoms with Crippen molar-refractivity contribution in [3.05, 3.63) is 71.6 Å². The number of aliphatic imine (C=N–C) groups is 1. The Balaban J connectivity index is 1.88. The maximum Gasteiger partial charge on any atom is 0.143 e. The summed E-state index contributed by atoms with van der Waals surface area (Å²) >= 11 is 1.58. The number of nitrogens with zero attached hydrogens (tertiary/aromatic N) is 1. The van der Waals surface area contributed by atoms with E-state index < -0.39 is 0 Å². The van der Waals surface area contributed by atoms with E-state index in [9.17, 15) is 5.11 Å². The fraction of sp³-hybridized carbons (Fsp3) is 0.0500. The molecule has 0 radical (unpaired) electrons. The SMILES string of the molecule is CC(=Nc1cccc2ccccc12)c1sc2ccccc2c1O. The van der Waals surface area contributed by atoms with E-state index in [0.29, 0.717) is 5.75 Å². The fourth-order valence-electron chi connectivity index (χ4n) is 2.81. The Morgan fingerprint density at radius 3 is 2.39 bits per heavy atom. The van der Waals surface area contributed by atoms with Crippen LogP contribution in [0, 0.1) is 0 Å². The van der Waals surface area contributed by atoms with Crippen molar-refractivity contribution in [3.8, 4) is 5.75 Å². The quantitative estimate of drug-likeness (QED) is 0.459. The Bertz CT molecular complexity index is 1040. The summed E-state index contributed by atoms with van der Waals surface area (Å²) in [4.78, 5) is 5.61. The molecule has 112 valence electrons. The Kier molecular flexibility index (Phi) is 3.36. The second-order valence-electron chi connectivity index (χ2n) is 5.47. The van der Waals surface area contributed by atoms with Gasteiger partial charge in [0.15, 0.2) is 0 Å². The molecular weight excluding hydrogens is 302 g/mol. The summed E-state index contributed by atoms with van der Waals surface area (Å²) in [6, 6.07) is 22.2. The van der Waals surface area contributed by atoms with Crippen molar-refractivity contribution in [2.45, 2.75) is 6.92 Å². The van der Waals surface area contributed by atoms with Gasteiger partial charge in [0.25, 0.3) is 0 Å². The highest BCUT2D eigenvalue weighted by molar-refractivity contribution is 7.21. The molecule has 0 unspecified atom stereocenters. The highest BCUT2D eigenvalue weighted by Crippen LogP contribution is 2.38. The van der Waals surface area contributed by atoms with Crippen molar-refractivity contribution in [1.29, 1.82) is 0 Å². The predicted molar refractivity (Wildman–Crippen MR) is 99.3 cm³/mol. The number of thiophene rings is 1. The van der Waals surface area contributed by atoms with Gasteiger partial charge in [-0.05, 0) is 30.5 Å². The molecule has 0 bridgehead atoms. The second kappa shape index (κ2) is 5.52. The van der Waals surface area contributed by atoms with Crippen molar-refractivity contribution in [1.82, 2.24) is 0 Å². The highest BCUT2D eigenvalue weighted by atomic mass is 32.1. The first-order chi connectivity index (χ1) is 11.2. The number of hydrogen-bond donors (Lipinski definition) is 1. The molecule has 1 heterocycles. The van der Waals surface area contributed by atoms with Crippen LogP contribution in [0.25, 0.3) is 20.9 Å². The van der Waals surface area contributed by atoms with E-state index in [2.05, 4.69) is 18.2 Å². The van der Waals surface area contributed by atoms with Gasteiger partial charge in [-0.3, -0.25) is 4.99 Å². The normalized spacial score (nSPS) is 12.1. The van der Waals surface area contributed by atoms with E-state index in [0.717, 1.165) is 31.7 Å². The first-order valence-corrected chi connectivity index (χ1v) is 8.29. The van der Waals surface area contributed by atoms with Gasteiger partial charge in [-0.1, -0.05) is 48.5 Å². The van der Waals surface area contributed by atoms with E-state index in [1.165, 1.54) is 5.39 Å². The lowest BCUT2D eigenvalue weighted by Crippen LogP contribution is -1.90. The molecule has 0 atom stereocenters. The van der Waals surface area contributed by atoms with Crippen LogP contribution in [0.3, 0.4) is 0 Å². The Labute approximate surface area is 138 Å². The molecule has 23 heavy (non-hydrogen) atoms. The van der Waals surface area contributed by atoms with Gasteiger partial charge in [0.1, 0.15) is 5.75 Å². The summed E-state index contributed by atoms with van der Waals surface area (Å²) in [5, 5.41) is 13.7. The van der Waals surface area contributed by atoms with E-state index in [1.54, 1.807) is 11.3 Å². The molecule has 0 aliphatic heterocycles. The summed E-state index contributed by atoms with van der Waals surface area (Å²) in [5.41, 5.74) is 1.76. The molecule has 2 nitrogen and oxygen atoms in total. The first kappa shape index (κ1) is 14.0. The van der Waals surface area contributed by atoms with Gasteiger partial charge in [0, 0.05) is 15.5 Å². The number of rotatable bonds is 2. The third-order valence-electron chi connectivity index (χ3n) is 3.95. The molecular formula is C20H15NOS. The predicted octanol–water partition coefficient (Wildman–Crippen LogP) is 5.90. The van der Waals surface area contributed by atoms with Crippen molar-refractivity contribution in [3.63, 3.8) is 0 Å². The first-order valence-electron chi connectivity index (χ1n) is 7.48. The average Bonchev–Trinajstić information content (AvgIpc) is 2.93. The zero-order valence-electron chi connectivity index (χ0n) is 12.7. The van der Waals surface area contributed by atoms with Crippen molar-refractivity contribution in [2.24, 2.45) is 4.99 Å². The minimum Gasteiger partial charge on any atom is -0.506 e. The summed E-state index contributed by atoms with van der Waals surface area (Å²) < 4.78 is 1.08. The summed E-state index contributed by atoms with van der Waals surface area (Å²) in [6.07, 6.45) is 0. The van der Waals surface area contributed by atoms with Crippen LogP contribution in [-0.2, 0) is 0 Å². The Morgan fingerprint density at radius 2 is 1.57 bits per heavy atom. The number of fused-ring (bicyclic) bond motifs is 2. The number of hydrogen-bond acceptors (Lipinski definition) is 3. The van der Waals surface area contributed by atoms with E-state index in [1.807, 2.05) is 55.5 Å². The van der Waals surface area contributed by atoms with Crippen LogP contribution in [-0.4, -0.2) is 10.8 Å². The van der Waals surface area contributed by atoms with Gasteiger partial charge in [0.05, 0.1) is 16.3 Å². The molecule has 0 aliphatic rings. The summed E-state index contributed by atoms with van der Waals surface area (Å²) in [7, 11) is 0. The Hall–Kier alpha value is -2.65. The molecule has 3 aromatic carbocycles. The van der Waals surface area contributed by atoms with E-state index in [4.69, 9.17) is 4.99 Å². The van der Waals surface area contributed by atoms with Crippen molar-refractivity contribution >= 4 is 43.6 Å². The second-order valence-corrected chi connectivity index (χ2v) is 6.52. The largest absolute Gasteiger partial charge is 0.506 e. The van der Waals surface area contributed by atoms with Gasteiger partial charge < -0.3 is 5.11 Å². The molecule has 0 spiro atoms. The van der Waals surface area contributed by atoms with Crippen LogP contribution in [0.4, 0.5) is 5.69 Å². The summed E-state index contributed by atoms with van der Waals surface area (Å²) in [5.74, 6) is 0.326. The minimum absolute atomic E-state index is 0.326. The highest BCUT2D eigenvalue weighted by Gasteiger charge is 2.13. The minimum atomic E-state index is 0.326. The molecule has 0 aliphatic carbocycles. The lowest BCUT2D eigenvalue weighted by atomic mass is 10.1. The van der Waals surface area contributed by atoms with Crippen LogP contribution in [0.2, 0.25) is 0 Å². The molecule has 0 fully saturated rings. The average molecular weight is 317 g/mol. The van der Waals surface area contributed by atoms with Gasteiger partial charge >= 0.3 is 0 Å². The smallest absolute Gasteiger partial charge is 0.143 e. The lowest BCUT2D eigenvalue weighted by Gasteiger charge is -2.03. The molecule has 4 aromatic rings. The molecule has 1 aromatic heterocycles. The van der Waals surface area contributed by atoms with Crippen molar-refractivity contribution < 1.29 is 5.11 Å². The summed E-state index contributed by atoms with van der Waals surface area (Å²) in [6.45, 7) is 1.95. The monoisotopic (exact) mass is 317 g/mol. The van der Waals surface area contributed by atoms with Gasteiger partial charge in [-0.2, -0.15) is 0 Å². The molecule has 1 N–H and O–H groups in total. The zero-order chi connectivity index (χ0) is 15.8. The molecule has 4 rings (SSSR count). The lowest BCUT2D eigenvalue weighted by molar-refractivity contribution is 0.482. The standard InChI is InChI=1S/C20H15NOS/c1-13(20-19(22)16-10-4-5-12-18(16)23-20)21-17-11-6-8-14-7-2-3-9-15(14)17/h2-12,22H,1H3. The third-order valence-corrected chi connectivity index (χ3v) is 5.22. The third kappa shape index (κ3) is 2.39. The molecule has 0 saturated heterocycles. The van der Waals surface area contributed by atoms with Crippen LogP contribution in [0.15, 0.2) is 71.7 Å². The number of aromatic hydroxyl groups is 1. The molecule has 3 heteroatoms. The van der Waals surface area contributed by atoms with Gasteiger partial charge in [0.2, 0.25) is 0 Å². The maximum atomic E-state index is 10.5. The van der Waals surface area contributed by atoms with Gasteiger partial charge in [-0.25, -0.2) is 0 Å². The Morgan fingerprint density at radius 1 is 0.870 bits per heavy atom. The number of benzene rings is 3. The van der Waals surface area contributed by atoms with Crippen LogP contribution in [0.5, 0.6) is 5.75 Å². The van der Waals surface area contributed by atoms with E-state index in [-0.39, 0.29) is 0 Å². The molecule has 0 amide bonds. The van der Waals surface area contributed by atoms with Crippen LogP contribution < -0.4 is 0 Å². The van der Waals surface area contributed by atoms with E-state index >= 15 is 0 Å². The maximum absolute atomic E-state index is 10.5. The zero-order valence-corrected chi connectivity index (χ0v) is 13.5. The van der Waals surface area contributed by atoms with Gasteiger partial charge in [-0.15, -0.1) is 11.3 Å².